The van der Waals surface area contributed by atoms with Gasteiger partial charge in [0, 0.05) is 20.9 Å². The third-order valence-corrected chi connectivity index (χ3v) is 3.54. The Balaban J connectivity index is 2.67. The minimum absolute atomic E-state index is 0.449. The van der Waals surface area contributed by atoms with Gasteiger partial charge >= 0.3 is 0 Å². The Morgan fingerprint density at radius 1 is 1.19 bits per heavy atom. The fraction of sp³-hybridized carbons (Fsp3) is 0. The topological polar surface area (TPSA) is 38.9 Å². The molecule has 0 aliphatic rings. The number of nitrogens with two attached hydrogens (primary N) is 1. The van der Waals surface area contributed by atoms with E-state index in [1.54, 1.807) is 12.3 Å². The molecule has 2 rings (SSSR count). The Morgan fingerprint density at radius 2 is 1.94 bits per heavy atom. The first-order valence-corrected chi connectivity index (χ1v) is 6.28. The summed E-state index contributed by atoms with van der Waals surface area (Å²) in [7, 11) is 0. The van der Waals surface area contributed by atoms with Gasteiger partial charge in [-0.25, -0.2) is 4.98 Å². The van der Waals surface area contributed by atoms with Crippen LogP contribution in [0.3, 0.4) is 0 Å². The van der Waals surface area contributed by atoms with Crippen LogP contribution in [0.4, 0.5) is 5.82 Å². The highest BCUT2D eigenvalue weighted by Gasteiger charge is 2.10. The van der Waals surface area contributed by atoms with Crippen LogP contribution in [0, 0.1) is 3.57 Å². The predicted octanol–water partition coefficient (Wildman–Crippen LogP) is 4.24. The molecule has 0 atom stereocenters. The molecule has 0 saturated carbocycles. The number of benzene rings is 1. The normalized spacial score (nSPS) is 10.4. The quantitative estimate of drug-likeness (QED) is 0.768. The first kappa shape index (κ1) is 12.0. The van der Waals surface area contributed by atoms with Crippen LogP contribution in [0.1, 0.15) is 0 Å². The minimum atomic E-state index is 0.449. The standard InChI is InChI=1S/C11H7Cl2IN2/c12-9-3-1-2-7(10(9)13)8-4-6(14)5-16-11(8)15/h1-5H,(H2,15,16). The molecule has 1 heterocycles. The van der Waals surface area contributed by atoms with Crippen LogP contribution < -0.4 is 5.73 Å². The van der Waals surface area contributed by atoms with Gasteiger partial charge in [-0.1, -0.05) is 35.3 Å². The van der Waals surface area contributed by atoms with Gasteiger partial charge in [0.1, 0.15) is 5.82 Å². The van der Waals surface area contributed by atoms with Crippen molar-refractivity contribution in [3.8, 4) is 11.1 Å². The van der Waals surface area contributed by atoms with Crippen LogP contribution >= 0.6 is 45.8 Å². The van der Waals surface area contributed by atoms with Gasteiger partial charge < -0.3 is 5.73 Å². The average Bonchev–Trinajstić information content (AvgIpc) is 2.26. The van der Waals surface area contributed by atoms with Gasteiger partial charge in [-0.2, -0.15) is 0 Å². The lowest BCUT2D eigenvalue weighted by atomic mass is 10.1. The van der Waals surface area contributed by atoms with Crippen LogP contribution in [0.5, 0.6) is 0 Å². The molecule has 0 fully saturated rings. The molecule has 1 aromatic carbocycles. The molecule has 16 heavy (non-hydrogen) atoms. The fourth-order valence-electron chi connectivity index (χ4n) is 1.38. The van der Waals surface area contributed by atoms with Crippen LogP contribution in [-0.2, 0) is 0 Å². The maximum atomic E-state index is 6.13. The zero-order valence-electron chi connectivity index (χ0n) is 8.05. The van der Waals surface area contributed by atoms with E-state index in [9.17, 15) is 0 Å². The Bertz CT molecular complexity index is 544. The highest BCUT2D eigenvalue weighted by atomic mass is 127. The summed E-state index contributed by atoms with van der Waals surface area (Å²) in [6, 6.07) is 7.38. The zero-order chi connectivity index (χ0) is 11.7. The summed E-state index contributed by atoms with van der Waals surface area (Å²) in [4.78, 5) is 4.09. The molecular formula is C11H7Cl2IN2. The van der Waals surface area contributed by atoms with Gasteiger partial charge in [0.25, 0.3) is 0 Å². The van der Waals surface area contributed by atoms with E-state index in [1.807, 2.05) is 18.2 Å². The average molecular weight is 365 g/mol. The summed E-state index contributed by atoms with van der Waals surface area (Å²) < 4.78 is 0.998. The van der Waals surface area contributed by atoms with Crippen molar-refractivity contribution in [2.24, 2.45) is 0 Å². The molecule has 0 amide bonds. The van der Waals surface area contributed by atoms with E-state index in [2.05, 4.69) is 27.6 Å². The second kappa shape index (κ2) is 4.77. The van der Waals surface area contributed by atoms with E-state index in [0.717, 1.165) is 14.7 Å². The molecule has 0 unspecified atom stereocenters. The van der Waals surface area contributed by atoms with Crippen LogP contribution in [0.25, 0.3) is 11.1 Å². The maximum absolute atomic E-state index is 6.13. The minimum Gasteiger partial charge on any atom is -0.383 e. The van der Waals surface area contributed by atoms with E-state index in [1.165, 1.54) is 0 Å². The molecule has 5 heteroatoms. The van der Waals surface area contributed by atoms with E-state index in [4.69, 9.17) is 28.9 Å². The number of hydrogen-bond donors (Lipinski definition) is 1. The van der Waals surface area contributed by atoms with Crippen molar-refractivity contribution in [1.82, 2.24) is 4.98 Å². The third kappa shape index (κ3) is 2.26. The second-order valence-corrected chi connectivity index (χ2v) is 5.22. The molecular weight excluding hydrogens is 358 g/mol. The lowest BCUT2D eigenvalue weighted by Gasteiger charge is -2.08. The maximum Gasteiger partial charge on any atom is 0.131 e. The van der Waals surface area contributed by atoms with Crippen molar-refractivity contribution in [3.63, 3.8) is 0 Å². The summed E-state index contributed by atoms with van der Waals surface area (Å²) in [6.45, 7) is 0. The molecule has 82 valence electrons. The molecule has 0 saturated heterocycles. The summed E-state index contributed by atoms with van der Waals surface area (Å²) in [5.41, 5.74) is 7.43. The number of aromatic nitrogens is 1. The number of pyridine rings is 1. The van der Waals surface area contributed by atoms with Crippen LogP contribution in [0.2, 0.25) is 10.0 Å². The molecule has 0 spiro atoms. The summed E-state index contributed by atoms with van der Waals surface area (Å²) in [5.74, 6) is 0.449. The van der Waals surface area contributed by atoms with Gasteiger partial charge in [0.05, 0.1) is 10.0 Å². The number of halogens is 3. The largest absolute Gasteiger partial charge is 0.383 e. The monoisotopic (exact) mass is 364 g/mol. The molecule has 0 aliphatic heterocycles. The summed E-state index contributed by atoms with van der Waals surface area (Å²) in [5, 5.41) is 1.01. The van der Waals surface area contributed by atoms with Crippen LogP contribution in [-0.4, -0.2) is 4.98 Å². The highest BCUT2D eigenvalue weighted by molar-refractivity contribution is 14.1. The lowest BCUT2D eigenvalue weighted by molar-refractivity contribution is 1.32. The van der Waals surface area contributed by atoms with Crippen molar-refractivity contribution < 1.29 is 0 Å². The first-order valence-electron chi connectivity index (χ1n) is 4.45. The van der Waals surface area contributed by atoms with Gasteiger partial charge in [0.2, 0.25) is 0 Å². The highest BCUT2D eigenvalue weighted by Crippen LogP contribution is 2.35. The fourth-order valence-corrected chi connectivity index (χ4v) is 2.23. The summed E-state index contributed by atoms with van der Waals surface area (Å²) >= 11 is 14.3. The van der Waals surface area contributed by atoms with Crippen molar-refractivity contribution in [3.05, 3.63) is 44.1 Å². The smallest absolute Gasteiger partial charge is 0.131 e. The first-order chi connectivity index (χ1) is 7.59. The number of nitrogens with zero attached hydrogens (tertiary/aromatic N) is 1. The zero-order valence-corrected chi connectivity index (χ0v) is 11.7. The van der Waals surface area contributed by atoms with E-state index in [0.29, 0.717) is 15.9 Å². The molecule has 0 aliphatic carbocycles. The Labute approximate surface area is 117 Å². The molecule has 0 bridgehead atoms. The number of rotatable bonds is 1. The van der Waals surface area contributed by atoms with Crippen molar-refractivity contribution in [1.29, 1.82) is 0 Å². The van der Waals surface area contributed by atoms with E-state index >= 15 is 0 Å². The molecule has 1 aromatic heterocycles. The van der Waals surface area contributed by atoms with Gasteiger partial charge in [0.15, 0.2) is 0 Å². The lowest BCUT2D eigenvalue weighted by Crippen LogP contribution is -1.95. The SMILES string of the molecule is Nc1ncc(I)cc1-c1cccc(Cl)c1Cl. The number of nitrogen functional groups attached to an aromatic ring is 1. The summed E-state index contributed by atoms with van der Waals surface area (Å²) in [6.07, 6.45) is 1.71. The molecule has 2 N–H and O–H groups in total. The van der Waals surface area contributed by atoms with E-state index < -0.39 is 0 Å². The molecule has 2 nitrogen and oxygen atoms in total. The van der Waals surface area contributed by atoms with Crippen molar-refractivity contribution in [2.75, 3.05) is 5.73 Å². The van der Waals surface area contributed by atoms with Gasteiger partial charge in [-0.05, 0) is 34.7 Å². The second-order valence-electron chi connectivity index (χ2n) is 3.19. The van der Waals surface area contributed by atoms with Crippen molar-refractivity contribution in [2.45, 2.75) is 0 Å². The number of anilines is 1. The van der Waals surface area contributed by atoms with Crippen molar-refractivity contribution >= 4 is 51.6 Å². The van der Waals surface area contributed by atoms with Gasteiger partial charge in [-0.3, -0.25) is 0 Å². The van der Waals surface area contributed by atoms with Crippen LogP contribution in [0.15, 0.2) is 30.5 Å². The number of hydrogen-bond acceptors (Lipinski definition) is 2. The molecule has 0 radical (unpaired) electrons. The van der Waals surface area contributed by atoms with E-state index in [-0.39, 0.29) is 0 Å². The van der Waals surface area contributed by atoms with Gasteiger partial charge in [-0.15, -0.1) is 0 Å². The molecule has 2 aromatic rings. The Kier molecular flexibility index (Phi) is 3.56. The third-order valence-electron chi connectivity index (χ3n) is 2.13. The Hall–Kier alpha value is -0.520. The predicted molar refractivity (Wildman–Crippen MR) is 76.8 cm³/mol. The Morgan fingerprint density at radius 3 is 2.69 bits per heavy atom.